The molecule has 216 valence electrons. The molecule has 0 aliphatic rings. The van der Waals surface area contributed by atoms with Crippen LogP contribution < -0.4 is 9.88 Å². The molecule has 0 aliphatic carbocycles. The van der Waals surface area contributed by atoms with Crippen LogP contribution in [0.3, 0.4) is 0 Å². The van der Waals surface area contributed by atoms with Gasteiger partial charge in [0.25, 0.3) is 0 Å². The number of halogens is 6. The summed E-state index contributed by atoms with van der Waals surface area (Å²) in [5, 5.41) is 2.62. The van der Waals surface area contributed by atoms with E-state index in [4.69, 9.17) is 4.74 Å². The molecule has 0 saturated heterocycles. The van der Waals surface area contributed by atoms with Crippen LogP contribution in [-0.2, 0) is 42.5 Å². The number of carbonyl (C=O) groups excluding carboxylic acids is 2. The highest BCUT2D eigenvalue weighted by molar-refractivity contribution is 8.13. The van der Waals surface area contributed by atoms with E-state index in [0.717, 1.165) is 17.0 Å². The minimum atomic E-state index is -6.72. The molecule has 39 heavy (non-hydrogen) atoms. The second-order valence-corrected chi connectivity index (χ2v) is 10.5. The van der Waals surface area contributed by atoms with E-state index in [-0.39, 0.29) is 6.61 Å². The number of anilines is 1. The summed E-state index contributed by atoms with van der Waals surface area (Å²) in [4.78, 5) is 25.4. The number of amides is 1. The summed E-state index contributed by atoms with van der Waals surface area (Å²) in [6.45, 7) is 3.01. The largest absolute Gasteiger partial charge is 0.480 e. The Balaban J connectivity index is 0.000000439. The first-order valence-electron chi connectivity index (χ1n) is 10.4. The predicted octanol–water partition coefficient (Wildman–Crippen LogP) is 4.20. The zero-order valence-corrected chi connectivity index (χ0v) is 21.4. The van der Waals surface area contributed by atoms with Gasteiger partial charge in [0.1, 0.15) is 0 Å². The molecule has 0 radical (unpaired) electrons. The van der Waals surface area contributed by atoms with E-state index in [0.29, 0.717) is 17.9 Å². The van der Waals surface area contributed by atoms with Crippen LogP contribution >= 0.6 is 0 Å². The molecule has 0 spiro atoms. The molecule has 1 heterocycles. The Hall–Kier alpha value is -3.54. The van der Waals surface area contributed by atoms with Gasteiger partial charge < -0.3 is 8.86 Å². The lowest BCUT2D eigenvalue weighted by Gasteiger charge is -2.22. The van der Waals surface area contributed by atoms with Crippen LogP contribution in [0.15, 0.2) is 53.8 Å². The van der Waals surface area contributed by atoms with E-state index in [1.165, 1.54) is 11.6 Å². The van der Waals surface area contributed by atoms with E-state index < -0.39 is 37.2 Å². The van der Waals surface area contributed by atoms with Gasteiger partial charge in [-0.15, -0.1) is 0 Å². The Labute approximate surface area is 218 Å². The Bertz CT molecular complexity index is 1330. The van der Waals surface area contributed by atoms with Gasteiger partial charge in [0, 0.05) is 17.3 Å². The Morgan fingerprint density at radius 2 is 1.59 bits per heavy atom. The SMILES string of the molecule is CCCc1ccc[n+](CCOC(=O)Nc2ccc(N=C=O)cc2)c1.O=S(=O)([N-]S(=O)(=O)C(F)(F)F)C(F)(F)F. The highest BCUT2D eigenvalue weighted by atomic mass is 32.3. The van der Waals surface area contributed by atoms with Crippen molar-refractivity contribution in [3.05, 3.63) is 58.5 Å². The predicted molar refractivity (Wildman–Crippen MR) is 123 cm³/mol. The number of pyridine rings is 1. The maximum Gasteiger partial charge on any atom is 0.480 e. The summed E-state index contributed by atoms with van der Waals surface area (Å²) < 4.78 is 116. The monoisotopic (exact) mass is 606 g/mol. The van der Waals surface area contributed by atoms with E-state index in [1.54, 1.807) is 24.3 Å². The average Bonchev–Trinajstić information content (AvgIpc) is 2.79. The fraction of sp³-hybridized carbons (Fsp3) is 0.350. The molecule has 1 amide bonds. The van der Waals surface area contributed by atoms with Crippen molar-refractivity contribution in [1.29, 1.82) is 0 Å². The van der Waals surface area contributed by atoms with E-state index in [2.05, 4.69) is 29.5 Å². The Kier molecular flexibility index (Phi) is 12.0. The summed E-state index contributed by atoms with van der Waals surface area (Å²) in [5.41, 5.74) is -10.1. The number of alkyl halides is 6. The van der Waals surface area contributed by atoms with Crippen LogP contribution in [0.25, 0.3) is 4.13 Å². The molecular weight excluding hydrogens is 586 g/mol. The molecule has 0 fully saturated rings. The highest BCUT2D eigenvalue weighted by Gasteiger charge is 2.46. The number of rotatable bonds is 9. The molecule has 0 atom stereocenters. The number of carbonyl (C=O) groups is 1. The third-order valence-electron chi connectivity index (χ3n) is 4.11. The fourth-order valence-corrected chi connectivity index (χ4v) is 4.14. The van der Waals surface area contributed by atoms with Gasteiger partial charge in [-0.25, -0.2) is 31.0 Å². The van der Waals surface area contributed by atoms with Crippen molar-refractivity contribution in [2.75, 3.05) is 11.9 Å². The number of nitrogens with zero attached hydrogens (tertiary/aromatic N) is 3. The number of aliphatic imine (C=N–C) groups is 1. The number of isocyanates is 1. The third-order valence-corrected chi connectivity index (χ3v) is 6.85. The number of sulfonamides is 2. The zero-order chi connectivity index (χ0) is 29.9. The van der Waals surface area contributed by atoms with Crippen molar-refractivity contribution >= 4 is 43.6 Å². The van der Waals surface area contributed by atoms with Crippen molar-refractivity contribution in [2.24, 2.45) is 4.99 Å². The molecule has 0 aliphatic heterocycles. The van der Waals surface area contributed by atoms with E-state index >= 15 is 0 Å². The van der Waals surface area contributed by atoms with Crippen LogP contribution in [0.2, 0.25) is 0 Å². The number of hydrogen-bond acceptors (Lipinski definition) is 8. The number of ether oxygens (including phenoxy) is 1. The van der Waals surface area contributed by atoms with Gasteiger partial charge in [-0.2, -0.15) is 31.3 Å². The van der Waals surface area contributed by atoms with Gasteiger partial charge in [-0.1, -0.05) is 13.3 Å². The summed E-state index contributed by atoms with van der Waals surface area (Å²) in [6, 6.07) is 10.6. The molecule has 1 N–H and O–H groups in total. The van der Waals surface area contributed by atoms with E-state index in [1.807, 2.05) is 16.8 Å². The average molecular weight is 607 g/mol. The third kappa shape index (κ3) is 11.4. The van der Waals surface area contributed by atoms with E-state index in [9.17, 15) is 52.8 Å². The molecular formula is C20H20F6N4O7S2. The van der Waals surface area contributed by atoms with Crippen molar-refractivity contribution in [2.45, 2.75) is 37.3 Å². The van der Waals surface area contributed by atoms with Crippen LogP contribution in [0.5, 0.6) is 0 Å². The lowest BCUT2D eigenvalue weighted by atomic mass is 10.2. The molecule has 19 heteroatoms. The quantitative estimate of drug-likeness (QED) is 0.194. The number of hydrogen-bond donors (Lipinski definition) is 1. The van der Waals surface area contributed by atoms with Gasteiger partial charge in [0.15, 0.2) is 45.6 Å². The number of aryl methyl sites for hydroxylation is 1. The lowest BCUT2D eigenvalue weighted by molar-refractivity contribution is -0.698. The molecule has 11 nitrogen and oxygen atoms in total. The second kappa shape index (κ2) is 14.0. The van der Waals surface area contributed by atoms with Gasteiger partial charge in [-0.05, 0) is 36.8 Å². The highest BCUT2D eigenvalue weighted by Crippen LogP contribution is 2.36. The minimum absolute atomic E-state index is 0.277. The number of benzene rings is 1. The number of aromatic nitrogens is 1. The second-order valence-electron chi connectivity index (χ2n) is 7.13. The molecule has 0 saturated carbocycles. The van der Waals surface area contributed by atoms with Crippen LogP contribution in [0.1, 0.15) is 18.9 Å². The van der Waals surface area contributed by atoms with Crippen molar-refractivity contribution in [3.63, 3.8) is 0 Å². The fourth-order valence-electron chi connectivity index (χ4n) is 2.44. The van der Waals surface area contributed by atoms with Gasteiger partial charge in [0.2, 0.25) is 6.08 Å². The first-order valence-corrected chi connectivity index (χ1v) is 13.3. The lowest BCUT2D eigenvalue weighted by Crippen LogP contribution is -2.36. The van der Waals surface area contributed by atoms with Gasteiger partial charge >= 0.3 is 17.1 Å². The minimum Gasteiger partial charge on any atom is -0.443 e. The van der Waals surface area contributed by atoms with Crippen LogP contribution in [0, 0.1) is 0 Å². The summed E-state index contributed by atoms with van der Waals surface area (Å²) >= 11 is 0. The molecule has 2 rings (SSSR count). The van der Waals surface area contributed by atoms with Crippen LogP contribution in [-0.4, -0.2) is 46.6 Å². The van der Waals surface area contributed by atoms with Gasteiger partial charge in [-0.3, -0.25) is 5.32 Å². The molecule has 1 aromatic carbocycles. The first-order chi connectivity index (χ1) is 17.9. The van der Waals surface area contributed by atoms with Gasteiger partial charge in [0.05, 0.1) is 5.69 Å². The molecule has 0 bridgehead atoms. The standard InChI is InChI=1S/C18H19N3O3.C2F6NO4S2/c1-2-4-15-5-3-10-21(13-15)11-12-24-18(23)20-17-8-6-16(7-9-17)19-14-22;3-1(4,5)14(10,11)9-15(12,13)2(6,7)8/h3,5-10,13H,2,4,11-12H2,1H3;/q;-1/p+1. The summed E-state index contributed by atoms with van der Waals surface area (Å²) in [5.74, 6) is 0. The molecule has 0 unspecified atom stereocenters. The topological polar surface area (TPSA) is 154 Å². The summed E-state index contributed by atoms with van der Waals surface area (Å²) in [6.07, 6.45) is 7.09. The maximum atomic E-state index is 11.8. The maximum absolute atomic E-state index is 11.8. The van der Waals surface area contributed by atoms with Crippen LogP contribution in [0.4, 0.5) is 42.5 Å². The zero-order valence-electron chi connectivity index (χ0n) is 19.7. The Morgan fingerprint density at radius 1 is 1.03 bits per heavy atom. The molecule has 2 aromatic rings. The smallest absolute Gasteiger partial charge is 0.443 e. The van der Waals surface area contributed by atoms with Crippen molar-refractivity contribution in [3.8, 4) is 0 Å². The number of nitrogens with one attached hydrogen (secondary N) is 1. The Morgan fingerprint density at radius 3 is 2.08 bits per heavy atom. The normalized spacial score (nSPS) is 12.0. The summed E-state index contributed by atoms with van der Waals surface area (Å²) in [7, 11) is -13.4. The molecule has 1 aromatic heterocycles. The first kappa shape index (κ1) is 33.5. The van der Waals surface area contributed by atoms with Crippen molar-refractivity contribution in [1.82, 2.24) is 0 Å². The van der Waals surface area contributed by atoms with Crippen molar-refractivity contribution < 1.29 is 62.1 Å².